The molecule has 3 N–H and O–H groups in total. The van der Waals surface area contributed by atoms with Gasteiger partial charge >= 0.3 is 0 Å². The smallest absolute Gasteiger partial charge is 0.253 e. The van der Waals surface area contributed by atoms with Crippen molar-refractivity contribution in [3.63, 3.8) is 0 Å². The number of carbonyl (C=O) groups excluding carboxylic acids is 2. The number of nitrogens with one attached hydrogen (secondary N) is 1. The number of hydrogen-bond acceptors (Lipinski definition) is 4. The summed E-state index contributed by atoms with van der Waals surface area (Å²) in [6, 6.07) is 5.33. The van der Waals surface area contributed by atoms with Crippen molar-refractivity contribution < 1.29 is 9.59 Å². The second-order valence-electron chi connectivity index (χ2n) is 4.69. The Balaban J connectivity index is 2.11. The minimum absolute atomic E-state index is 0.0500. The van der Waals surface area contributed by atoms with E-state index in [-0.39, 0.29) is 18.4 Å². The Kier molecular flexibility index (Phi) is 5.03. The summed E-state index contributed by atoms with van der Waals surface area (Å²) in [5.74, 6) is 1.82. The van der Waals surface area contributed by atoms with Crippen molar-refractivity contribution in [3.8, 4) is 0 Å². The summed E-state index contributed by atoms with van der Waals surface area (Å²) < 4.78 is 0. The monoisotopic (exact) mass is 293 g/mol. The van der Waals surface area contributed by atoms with Crippen molar-refractivity contribution in [3.05, 3.63) is 29.3 Å². The molecular formula is C14H19N3O2S. The molecule has 20 heavy (non-hydrogen) atoms. The van der Waals surface area contributed by atoms with Gasteiger partial charge in [-0.1, -0.05) is 0 Å². The first-order valence-electron chi connectivity index (χ1n) is 6.59. The van der Waals surface area contributed by atoms with E-state index >= 15 is 0 Å². The van der Waals surface area contributed by atoms with Crippen LogP contribution in [0, 0.1) is 6.92 Å². The third kappa shape index (κ3) is 3.52. The number of nitrogens with zero attached hydrogens (tertiary/aromatic N) is 1. The van der Waals surface area contributed by atoms with E-state index in [2.05, 4.69) is 5.32 Å². The van der Waals surface area contributed by atoms with Gasteiger partial charge in [0.1, 0.15) is 0 Å². The number of rotatable bonds is 3. The lowest BCUT2D eigenvalue weighted by Crippen LogP contribution is -2.37. The Morgan fingerprint density at radius 1 is 1.35 bits per heavy atom. The largest absolute Gasteiger partial charge is 0.337 e. The Hall–Kier alpha value is -1.53. The zero-order valence-corrected chi connectivity index (χ0v) is 12.3. The molecule has 1 saturated heterocycles. The van der Waals surface area contributed by atoms with E-state index in [1.807, 2.05) is 29.7 Å². The van der Waals surface area contributed by atoms with Crippen molar-refractivity contribution in [1.82, 2.24) is 4.90 Å². The zero-order valence-electron chi connectivity index (χ0n) is 11.5. The average molecular weight is 293 g/mol. The molecule has 5 nitrogen and oxygen atoms in total. The van der Waals surface area contributed by atoms with Crippen molar-refractivity contribution >= 4 is 29.3 Å². The second kappa shape index (κ2) is 6.76. The summed E-state index contributed by atoms with van der Waals surface area (Å²) in [5.41, 5.74) is 7.50. The molecule has 1 aromatic rings. The maximum atomic E-state index is 12.4. The van der Waals surface area contributed by atoms with Crippen LogP contribution in [0.4, 0.5) is 5.69 Å². The van der Waals surface area contributed by atoms with Crippen molar-refractivity contribution in [2.75, 3.05) is 36.5 Å². The first-order chi connectivity index (χ1) is 9.61. The summed E-state index contributed by atoms with van der Waals surface area (Å²) in [6.07, 6.45) is 0. The van der Waals surface area contributed by atoms with E-state index in [1.165, 1.54) is 0 Å². The summed E-state index contributed by atoms with van der Waals surface area (Å²) in [7, 11) is 0. The Morgan fingerprint density at radius 3 is 2.65 bits per heavy atom. The normalized spacial score (nSPS) is 15.0. The second-order valence-corrected chi connectivity index (χ2v) is 5.91. The van der Waals surface area contributed by atoms with Crippen LogP contribution >= 0.6 is 11.8 Å². The molecule has 0 bridgehead atoms. The number of carbonyl (C=O) groups is 2. The first-order valence-corrected chi connectivity index (χ1v) is 7.75. The number of amides is 2. The van der Waals surface area contributed by atoms with Crippen LogP contribution in [0.3, 0.4) is 0 Å². The summed E-state index contributed by atoms with van der Waals surface area (Å²) in [4.78, 5) is 25.5. The molecule has 0 atom stereocenters. The molecule has 0 radical (unpaired) electrons. The molecule has 0 spiro atoms. The van der Waals surface area contributed by atoms with Crippen molar-refractivity contribution in [2.24, 2.45) is 5.73 Å². The molecule has 0 aromatic heterocycles. The topological polar surface area (TPSA) is 75.4 Å². The number of thioether (sulfide) groups is 1. The number of anilines is 1. The maximum absolute atomic E-state index is 12.4. The lowest BCUT2D eigenvalue weighted by molar-refractivity contribution is -0.114. The Morgan fingerprint density at radius 2 is 2.05 bits per heavy atom. The van der Waals surface area contributed by atoms with Gasteiger partial charge in [0, 0.05) is 35.8 Å². The first kappa shape index (κ1) is 14.9. The van der Waals surface area contributed by atoms with Gasteiger partial charge in [0.2, 0.25) is 5.91 Å². The van der Waals surface area contributed by atoms with E-state index < -0.39 is 0 Å². The fourth-order valence-electron chi connectivity index (χ4n) is 2.09. The van der Waals surface area contributed by atoms with Crippen LogP contribution in [0.1, 0.15) is 15.9 Å². The third-order valence-corrected chi connectivity index (χ3v) is 4.17. The van der Waals surface area contributed by atoms with Gasteiger partial charge in [0.15, 0.2) is 0 Å². The van der Waals surface area contributed by atoms with E-state index in [9.17, 15) is 9.59 Å². The lowest BCUT2D eigenvalue weighted by Gasteiger charge is -2.26. The number of nitrogens with two attached hydrogens (primary N) is 1. The molecular weight excluding hydrogens is 274 g/mol. The molecule has 108 valence electrons. The van der Waals surface area contributed by atoms with Crippen LogP contribution in [-0.4, -0.2) is 47.9 Å². The third-order valence-electron chi connectivity index (χ3n) is 3.23. The van der Waals surface area contributed by atoms with Gasteiger partial charge in [-0.2, -0.15) is 11.8 Å². The zero-order chi connectivity index (χ0) is 14.5. The maximum Gasteiger partial charge on any atom is 0.253 e. The molecule has 1 aliphatic heterocycles. The fourth-order valence-corrected chi connectivity index (χ4v) is 2.99. The van der Waals surface area contributed by atoms with E-state index in [0.717, 1.165) is 30.2 Å². The number of hydrogen-bond donors (Lipinski definition) is 2. The number of benzene rings is 1. The quantitative estimate of drug-likeness (QED) is 0.874. The highest BCUT2D eigenvalue weighted by molar-refractivity contribution is 7.99. The van der Waals surface area contributed by atoms with Gasteiger partial charge in [0.25, 0.3) is 5.91 Å². The minimum Gasteiger partial charge on any atom is -0.337 e. The molecule has 6 heteroatoms. The minimum atomic E-state index is -0.236. The fraction of sp³-hybridized carbons (Fsp3) is 0.429. The average Bonchev–Trinajstić information content (AvgIpc) is 2.49. The molecule has 2 amide bonds. The van der Waals surface area contributed by atoms with E-state index in [0.29, 0.717) is 11.3 Å². The Labute approximate surface area is 122 Å². The molecule has 0 unspecified atom stereocenters. The van der Waals surface area contributed by atoms with Crippen molar-refractivity contribution in [2.45, 2.75) is 6.92 Å². The van der Waals surface area contributed by atoms with Crippen LogP contribution < -0.4 is 11.1 Å². The molecule has 0 aliphatic carbocycles. The highest BCUT2D eigenvalue weighted by Crippen LogP contribution is 2.19. The van der Waals surface area contributed by atoms with Gasteiger partial charge < -0.3 is 16.0 Å². The van der Waals surface area contributed by atoms with Crippen LogP contribution in [-0.2, 0) is 4.79 Å². The summed E-state index contributed by atoms with van der Waals surface area (Å²) >= 11 is 1.87. The van der Waals surface area contributed by atoms with Crippen LogP contribution in [0.2, 0.25) is 0 Å². The van der Waals surface area contributed by atoms with Crippen LogP contribution in [0.5, 0.6) is 0 Å². The number of aryl methyl sites for hydroxylation is 1. The molecule has 0 saturated carbocycles. The SMILES string of the molecule is Cc1cc(C(=O)N2CCSCC2)ccc1NC(=O)CN. The Bertz CT molecular complexity index is 513. The van der Waals surface area contributed by atoms with Gasteiger partial charge in [-0.15, -0.1) is 0 Å². The van der Waals surface area contributed by atoms with E-state index in [1.54, 1.807) is 12.1 Å². The van der Waals surface area contributed by atoms with Crippen molar-refractivity contribution in [1.29, 1.82) is 0 Å². The summed E-state index contributed by atoms with van der Waals surface area (Å²) in [5, 5.41) is 2.71. The highest BCUT2D eigenvalue weighted by Gasteiger charge is 2.18. The molecule has 2 rings (SSSR count). The molecule has 1 fully saturated rings. The van der Waals surface area contributed by atoms with Gasteiger partial charge in [0.05, 0.1) is 6.54 Å². The van der Waals surface area contributed by atoms with Crippen LogP contribution in [0.25, 0.3) is 0 Å². The van der Waals surface area contributed by atoms with Crippen LogP contribution in [0.15, 0.2) is 18.2 Å². The predicted molar refractivity (Wildman–Crippen MR) is 82.1 cm³/mol. The lowest BCUT2D eigenvalue weighted by atomic mass is 10.1. The van der Waals surface area contributed by atoms with Gasteiger partial charge in [-0.05, 0) is 30.7 Å². The molecule has 1 heterocycles. The standard InChI is InChI=1S/C14H19N3O2S/c1-10-8-11(2-3-12(10)16-13(18)9-15)14(19)17-4-6-20-7-5-17/h2-3,8H,4-7,9,15H2,1H3,(H,16,18). The summed E-state index contributed by atoms with van der Waals surface area (Å²) in [6.45, 7) is 3.42. The predicted octanol–water partition coefficient (Wildman–Crippen LogP) is 1.08. The van der Waals surface area contributed by atoms with Gasteiger partial charge in [-0.3, -0.25) is 9.59 Å². The van der Waals surface area contributed by atoms with Gasteiger partial charge in [-0.25, -0.2) is 0 Å². The highest BCUT2D eigenvalue weighted by atomic mass is 32.2. The molecule has 1 aromatic carbocycles. The molecule has 1 aliphatic rings. The van der Waals surface area contributed by atoms with E-state index in [4.69, 9.17) is 5.73 Å².